The number of nitrogens with one attached hydrogen (secondary N) is 1. The van der Waals surface area contributed by atoms with E-state index in [0.717, 1.165) is 30.5 Å². The Morgan fingerprint density at radius 1 is 0.905 bits per heavy atom. The summed E-state index contributed by atoms with van der Waals surface area (Å²) in [5.41, 5.74) is 0.476. The second kappa shape index (κ2) is 5.90. The summed E-state index contributed by atoms with van der Waals surface area (Å²) < 4.78 is 64.8. The van der Waals surface area contributed by atoms with Gasteiger partial charge in [0, 0.05) is 0 Å². The van der Waals surface area contributed by atoms with Crippen molar-refractivity contribution in [3.63, 3.8) is 0 Å². The fourth-order valence-electron chi connectivity index (χ4n) is 1.63. The molecule has 0 atom stereocenters. The first-order valence-electron chi connectivity index (χ1n) is 5.79. The van der Waals surface area contributed by atoms with Crippen LogP contribution >= 0.6 is 0 Å². The zero-order chi connectivity index (χ0) is 15.5. The third kappa shape index (κ3) is 3.56. The second-order valence-electron chi connectivity index (χ2n) is 4.05. The lowest BCUT2D eigenvalue weighted by atomic mass is 10.2. The summed E-state index contributed by atoms with van der Waals surface area (Å²) in [5, 5.41) is 3.45. The Morgan fingerprint density at radius 3 is 2.14 bits per heavy atom. The zero-order valence-electron chi connectivity index (χ0n) is 10.5. The molecule has 0 aliphatic carbocycles. The van der Waals surface area contributed by atoms with Gasteiger partial charge in [-0.05, 0) is 24.3 Å². The number of anilines is 1. The van der Waals surface area contributed by atoms with Crippen LogP contribution in [-0.2, 0) is 6.18 Å². The van der Waals surface area contributed by atoms with Gasteiger partial charge in [0.2, 0.25) is 0 Å². The van der Waals surface area contributed by atoms with Gasteiger partial charge in [0.1, 0.15) is 11.6 Å². The summed E-state index contributed by atoms with van der Waals surface area (Å²) in [7, 11) is 0. The normalized spacial score (nSPS) is 11.9. The maximum absolute atomic E-state index is 13.3. The molecule has 2 rings (SSSR count). The smallest absolute Gasteiger partial charge is 0.278 e. The number of rotatable bonds is 3. The second-order valence-corrected chi connectivity index (χ2v) is 4.05. The molecule has 0 bridgehead atoms. The average molecular weight is 300 g/mol. The van der Waals surface area contributed by atoms with Gasteiger partial charge in [-0.15, -0.1) is 0 Å². The minimum absolute atomic E-state index is 0.307. The highest BCUT2D eigenvalue weighted by Gasteiger charge is 2.33. The van der Waals surface area contributed by atoms with Gasteiger partial charge in [0.15, 0.2) is 0 Å². The van der Waals surface area contributed by atoms with E-state index in [1.165, 1.54) is 18.2 Å². The van der Waals surface area contributed by atoms with Gasteiger partial charge in [0.05, 0.1) is 23.0 Å². The van der Waals surface area contributed by atoms with Crippen LogP contribution in [0.3, 0.4) is 0 Å². The molecule has 0 unspecified atom stereocenters. The van der Waals surface area contributed by atoms with Crippen molar-refractivity contribution < 1.29 is 22.0 Å². The van der Waals surface area contributed by atoms with Crippen LogP contribution in [0.2, 0.25) is 0 Å². The third-order valence-corrected chi connectivity index (χ3v) is 2.61. The standard InChI is InChI=1S/C14H9F5N2/c15-11-5-3-6-12(16)9(11)8-20-21-13-7-2-1-4-10(13)14(17,18)19/h1-8,21H/b20-8+. The Bertz CT molecular complexity index is 644. The Balaban J connectivity index is 2.23. The lowest BCUT2D eigenvalue weighted by Gasteiger charge is -2.11. The van der Waals surface area contributed by atoms with E-state index < -0.39 is 28.9 Å². The SMILES string of the molecule is Fc1cccc(F)c1/C=N/Nc1ccccc1C(F)(F)F. The van der Waals surface area contributed by atoms with Crippen LogP contribution in [0.25, 0.3) is 0 Å². The Kier molecular flexibility index (Phi) is 4.21. The minimum Gasteiger partial charge on any atom is -0.278 e. The van der Waals surface area contributed by atoms with Crippen molar-refractivity contribution in [3.05, 3.63) is 65.2 Å². The fourth-order valence-corrected chi connectivity index (χ4v) is 1.63. The van der Waals surface area contributed by atoms with Gasteiger partial charge in [-0.2, -0.15) is 18.3 Å². The number of hydrogen-bond donors (Lipinski definition) is 1. The number of para-hydroxylation sites is 1. The van der Waals surface area contributed by atoms with Gasteiger partial charge in [-0.25, -0.2) is 8.78 Å². The average Bonchev–Trinajstić information content (AvgIpc) is 2.41. The van der Waals surface area contributed by atoms with E-state index in [0.29, 0.717) is 0 Å². The first-order chi connectivity index (χ1) is 9.89. The monoisotopic (exact) mass is 300 g/mol. The van der Waals surface area contributed by atoms with Crippen LogP contribution in [0.1, 0.15) is 11.1 Å². The van der Waals surface area contributed by atoms with Crippen molar-refractivity contribution >= 4 is 11.9 Å². The van der Waals surface area contributed by atoms with E-state index in [-0.39, 0.29) is 5.69 Å². The summed E-state index contributed by atoms with van der Waals surface area (Å²) in [6.45, 7) is 0. The van der Waals surface area contributed by atoms with Crippen LogP contribution in [0.5, 0.6) is 0 Å². The number of hydrogen-bond acceptors (Lipinski definition) is 2. The highest BCUT2D eigenvalue weighted by molar-refractivity contribution is 5.81. The van der Waals surface area contributed by atoms with Crippen molar-refractivity contribution in [1.82, 2.24) is 0 Å². The number of halogens is 5. The summed E-state index contributed by atoms with van der Waals surface area (Å²) >= 11 is 0. The van der Waals surface area contributed by atoms with Crippen molar-refractivity contribution in [2.75, 3.05) is 5.43 Å². The van der Waals surface area contributed by atoms with Gasteiger partial charge in [-0.3, -0.25) is 5.43 Å². The van der Waals surface area contributed by atoms with E-state index >= 15 is 0 Å². The number of benzene rings is 2. The lowest BCUT2D eigenvalue weighted by molar-refractivity contribution is -0.136. The summed E-state index contributed by atoms with van der Waals surface area (Å²) in [6, 6.07) is 7.88. The number of hydrazone groups is 1. The van der Waals surface area contributed by atoms with E-state index in [9.17, 15) is 22.0 Å². The molecule has 2 aromatic carbocycles. The molecule has 0 aliphatic rings. The van der Waals surface area contributed by atoms with Crippen molar-refractivity contribution in [3.8, 4) is 0 Å². The fraction of sp³-hybridized carbons (Fsp3) is 0.0714. The van der Waals surface area contributed by atoms with Crippen LogP contribution in [0, 0.1) is 11.6 Å². The molecule has 0 heterocycles. The molecule has 0 spiro atoms. The molecule has 0 fully saturated rings. The molecule has 7 heteroatoms. The first kappa shape index (κ1) is 15.0. The molecule has 110 valence electrons. The molecule has 2 nitrogen and oxygen atoms in total. The van der Waals surface area contributed by atoms with E-state index in [4.69, 9.17) is 0 Å². The molecule has 0 aliphatic heterocycles. The topological polar surface area (TPSA) is 24.4 Å². The molecule has 0 aromatic heterocycles. The van der Waals surface area contributed by atoms with Gasteiger partial charge in [0.25, 0.3) is 0 Å². The highest BCUT2D eigenvalue weighted by Crippen LogP contribution is 2.34. The van der Waals surface area contributed by atoms with Gasteiger partial charge < -0.3 is 0 Å². The molecule has 2 aromatic rings. The molecule has 1 N–H and O–H groups in total. The quantitative estimate of drug-likeness (QED) is 0.506. The van der Waals surface area contributed by atoms with E-state index in [1.807, 2.05) is 0 Å². The van der Waals surface area contributed by atoms with Crippen molar-refractivity contribution in [1.29, 1.82) is 0 Å². The molecular formula is C14H9F5N2. The van der Waals surface area contributed by atoms with Gasteiger partial charge >= 0.3 is 6.18 Å². The maximum atomic E-state index is 13.3. The maximum Gasteiger partial charge on any atom is 0.418 e. The molecular weight excluding hydrogens is 291 g/mol. The molecule has 21 heavy (non-hydrogen) atoms. The molecule has 0 saturated heterocycles. The first-order valence-corrected chi connectivity index (χ1v) is 5.79. The Hall–Kier alpha value is -2.44. The summed E-state index contributed by atoms with van der Waals surface area (Å²) in [5.74, 6) is -1.71. The van der Waals surface area contributed by atoms with E-state index in [1.54, 1.807) is 0 Å². The Morgan fingerprint density at radius 2 is 1.52 bits per heavy atom. The number of nitrogens with zero attached hydrogens (tertiary/aromatic N) is 1. The van der Waals surface area contributed by atoms with Gasteiger partial charge in [-0.1, -0.05) is 18.2 Å². The summed E-state index contributed by atoms with van der Waals surface area (Å²) in [6.07, 6.45) is -3.76. The van der Waals surface area contributed by atoms with Crippen LogP contribution in [0.15, 0.2) is 47.6 Å². The van der Waals surface area contributed by atoms with Crippen LogP contribution in [0.4, 0.5) is 27.6 Å². The minimum atomic E-state index is -4.55. The number of alkyl halides is 3. The molecule has 0 amide bonds. The summed E-state index contributed by atoms with van der Waals surface area (Å²) in [4.78, 5) is 0. The third-order valence-electron chi connectivity index (χ3n) is 2.61. The Labute approximate surface area is 116 Å². The lowest BCUT2D eigenvalue weighted by Crippen LogP contribution is -2.08. The largest absolute Gasteiger partial charge is 0.418 e. The zero-order valence-corrected chi connectivity index (χ0v) is 10.5. The molecule has 0 saturated carbocycles. The van der Waals surface area contributed by atoms with Crippen molar-refractivity contribution in [2.45, 2.75) is 6.18 Å². The molecule has 0 radical (unpaired) electrons. The highest BCUT2D eigenvalue weighted by atomic mass is 19.4. The van der Waals surface area contributed by atoms with Crippen LogP contribution < -0.4 is 5.43 Å². The van der Waals surface area contributed by atoms with Crippen LogP contribution in [-0.4, -0.2) is 6.21 Å². The predicted molar refractivity (Wildman–Crippen MR) is 69.0 cm³/mol. The van der Waals surface area contributed by atoms with E-state index in [2.05, 4.69) is 10.5 Å². The van der Waals surface area contributed by atoms with Crippen molar-refractivity contribution in [2.24, 2.45) is 5.10 Å². The predicted octanol–water partition coefficient (Wildman–Crippen LogP) is 4.43.